The molecule has 1 aliphatic rings. The molecule has 96 valence electrons. The summed E-state index contributed by atoms with van der Waals surface area (Å²) in [5.41, 5.74) is 2.85. The van der Waals surface area contributed by atoms with Crippen molar-refractivity contribution < 1.29 is 14.3 Å². The molecule has 0 fully saturated rings. The topological polar surface area (TPSA) is 35.5 Å². The molecular weight excluding hydrogens is 240 g/mol. The van der Waals surface area contributed by atoms with Gasteiger partial charge in [-0.2, -0.15) is 0 Å². The third-order valence-corrected chi connectivity index (χ3v) is 3.37. The van der Waals surface area contributed by atoms with E-state index in [0.29, 0.717) is 11.5 Å². The highest BCUT2D eigenvalue weighted by Crippen LogP contribution is 2.42. The van der Waals surface area contributed by atoms with Gasteiger partial charge in [-0.05, 0) is 19.1 Å². The van der Waals surface area contributed by atoms with Crippen molar-refractivity contribution in [2.45, 2.75) is 12.8 Å². The zero-order valence-electron chi connectivity index (χ0n) is 10.8. The molecule has 0 aromatic heterocycles. The highest BCUT2D eigenvalue weighted by atomic mass is 16.5. The van der Waals surface area contributed by atoms with Crippen molar-refractivity contribution in [2.24, 2.45) is 0 Å². The molecule has 0 saturated carbocycles. The zero-order valence-corrected chi connectivity index (χ0v) is 10.8. The molecule has 1 heterocycles. The van der Waals surface area contributed by atoms with Gasteiger partial charge in [0.05, 0.1) is 7.11 Å². The quantitative estimate of drug-likeness (QED) is 0.610. The van der Waals surface area contributed by atoms with E-state index in [1.54, 1.807) is 7.11 Å². The van der Waals surface area contributed by atoms with Gasteiger partial charge in [-0.3, -0.25) is 4.79 Å². The maximum Gasteiger partial charge on any atom is 0.323 e. The summed E-state index contributed by atoms with van der Waals surface area (Å²) < 4.78 is 10.7. The van der Waals surface area contributed by atoms with Crippen LogP contribution in [0.3, 0.4) is 0 Å². The Hall–Kier alpha value is -2.29. The Morgan fingerprint density at radius 1 is 1.11 bits per heavy atom. The number of hydrogen-bond acceptors (Lipinski definition) is 3. The van der Waals surface area contributed by atoms with Crippen molar-refractivity contribution in [1.82, 2.24) is 0 Å². The first-order valence-corrected chi connectivity index (χ1v) is 6.16. The van der Waals surface area contributed by atoms with Gasteiger partial charge in [0, 0.05) is 11.1 Å². The van der Waals surface area contributed by atoms with Crippen LogP contribution in [-0.4, -0.2) is 13.1 Å². The number of aryl methyl sites for hydroxylation is 1. The number of carbonyl (C=O) groups excluding carboxylic acids is 1. The highest BCUT2D eigenvalue weighted by Gasteiger charge is 2.35. The molecule has 0 saturated heterocycles. The Balaban J connectivity index is 2.17. The minimum absolute atomic E-state index is 0.245. The maximum absolute atomic E-state index is 12.1. The first-order valence-electron chi connectivity index (χ1n) is 6.16. The molecule has 0 amide bonds. The second-order valence-electron chi connectivity index (χ2n) is 4.64. The predicted octanol–water partition coefficient (Wildman–Crippen LogP) is 3.05. The van der Waals surface area contributed by atoms with Crippen molar-refractivity contribution in [2.75, 3.05) is 7.11 Å². The Bertz CT molecular complexity index is 646. The molecule has 2 aromatic rings. The number of methoxy groups -OCH3 is 1. The van der Waals surface area contributed by atoms with E-state index >= 15 is 0 Å². The van der Waals surface area contributed by atoms with Gasteiger partial charge in [-0.1, -0.05) is 35.9 Å². The fourth-order valence-corrected chi connectivity index (χ4v) is 2.48. The lowest BCUT2D eigenvalue weighted by Gasteiger charge is -2.13. The fraction of sp³-hybridized carbons (Fsp3) is 0.188. The van der Waals surface area contributed by atoms with Crippen molar-refractivity contribution in [1.29, 1.82) is 0 Å². The second-order valence-corrected chi connectivity index (χ2v) is 4.64. The normalized spacial score (nSPS) is 16.9. The Kier molecular flexibility index (Phi) is 2.75. The molecular formula is C16H14O3. The zero-order chi connectivity index (χ0) is 13.4. The molecule has 0 radical (unpaired) electrons. The summed E-state index contributed by atoms with van der Waals surface area (Å²) in [5, 5.41) is 0. The van der Waals surface area contributed by atoms with Crippen LogP contribution in [0.5, 0.6) is 11.5 Å². The molecule has 3 rings (SSSR count). The minimum Gasteiger partial charge on any atom is -0.496 e. The lowest BCUT2D eigenvalue weighted by atomic mass is 9.91. The van der Waals surface area contributed by atoms with E-state index < -0.39 is 5.92 Å². The van der Waals surface area contributed by atoms with E-state index in [9.17, 15) is 4.79 Å². The molecule has 19 heavy (non-hydrogen) atoms. The van der Waals surface area contributed by atoms with Gasteiger partial charge < -0.3 is 9.47 Å². The molecule has 2 aromatic carbocycles. The summed E-state index contributed by atoms with van der Waals surface area (Å²) in [6, 6.07) is 13.3. The van der Waals surface area contributed by atoms with Gasteiger partial charge in [0.1, 0.15) is 17.4 Å². The summed E-state index contributed by atoms with van der Waals surface area (Å²) in [6.45, 7) is 2.00. The van der Waals surface area contributed by atoms with E-state index in [2.05, 4.69) is 0 Å². The number of carbonyl (C=O) groups is 1. The van der Waals surface area contributed by atoms with Crippen LogP contribution in [-0.2, 0) is 4.79 Å². The molecule has 1 atom stereocenters. The van der Waals surface area contributed by atoms with E-state index in [0.717, 1.165) is 16.7 Å². The van der Waals surface area contributed by atoms with Crippen LogP contribution in [0.25, 0.3) is 0 Å². The number of fused-ring (bicyclic) bond motifs is 1. The Morgan fingerprint density at radius 3 is 2.68 bits per heavy atom. The number of hydrogen-bond donors (Lipinski definition) is 0. The lowest BCUT2D eigenvalue weighted by molar-refractivity contribution is -0.133. The van der Waals surface area contributed by atoms with Crippen molar-refractivity contribution in [3.8, 4) is 11.5 Å². The third-order valence-electron chi connectivity index (χ3n) is 3.37. The number of benzene rings is 2. The number of para-hydroxylation sites is 1. The second kappa shape index (κ2) is 4.43. The van der Waals surface area contributed by atoms with Gasteiger partial charge in [-0.15, -0.1) is 0 Å². The van der Waals surface area contributed by atoms with Crippen LogP contribution < -0.4 is 9.47 Å². The van der Waals surface area contributed by atoms with Gasteiger partial charge in [0.2, 0.25) is 0 Å². The third kappa shape index (κ3) is 1.87. The summed E-state index contributed by atoms with van der Waals surface area (Å²) in [6.07, 6.45) is 0. The van der Waals surface area contributed by atoms with E-state index in [1.807, 2.05) is 49.4 Å². The van der Waals surface area contributed by atoms with Crippen LogP contribution in [0.2, 0.25) is 0 Å². The lowest BCUT2D eigenvalue weighted by Crippen LogP contribution is -2.12. The molecule has 0 bridgehead atoms. The molecule has 0 spiro atoms. The van der Waals surface area contributed by atoms with E-state index in [-0.39, 0.29) is 5.97 Å². The van der Waals surface area contributed by atoms with E-state index in [4.69, 9.17) is 9.47 Å². The van der Waals surface area contributed by atoms with Gasteiger partial charge in [0.25, 0.3) is 0 Å². The minimum atomic E-state index is -0.397. The number of rotatable bonds is 2. The van der Waals surface area contributed by atoms with Gasteiger partial charge in [-0.25, -0.2) is 0 Å². The SMILES string of the molecule is COc1ccc(C)cc1[C@@H]1C(=O)Oc2ccccc21. The molecule has 3 heteroatoms. The predicted molar refractivity (Wildman–Crippen MR) is 71.7 cm³/mol. The molecule has 0 aliphatic carbocycles. The average Bonchev–Trinajstić information content (AvgIpc) is 2.74. The molecule has 0 unspecified atom stereocenters. The first-order chi connectivity index (χ1) is 9.20. The van der Waals surface area contributed by atoms with Gasteiger partial charge in [0.15, 0.2) is 0 Å². The number of ether oxygens (including phenoxy) is 2. The molecule has 3 nitrogen and oxygen atoms in total. The summed E-state index contributed by atoms with van der Waals surface area (Å²) in [7, 11) is 1.61. The monoisotopic (exact) mass is 254 g/mol. The van der Waals surface area contributed by atoms with Crippen LogP contribution in [0.1, 0.15) is 22.6 Å². The van der Waals surface area contributed by atoms with Crippen molar-refractivity contribution in [3.63, 3.8) is 0 Å². The van der Waals surface area contributed by atoms with Crippen LogP contribution in [0.4, 0.5) is 0 Å². The van der Waals surface area contributed by atoms with Crippen LogP contribution >= 0.6 is 0 Å². The molecule has 0 N–H and O–H groups in total. The standard InChI is InChI=1S/C16H14O3/c1-10-7-8-13(18-2)12(9-10)15-11-5-3-4-6-14(11)19-16(15)17/h3-9,15H,1-2H3/t15-/m1/s1. The Morgan fingerprint density at radius 2 is 1.89 bits per heavy atom. The average molecular weight is 254 g/mol. The Labute approximate surface area is 111 Å². The van der Waals surface area contributed by atoms with Crippen LogP contribution in [0.15, 0.2) is 42.5 Å². The number of esters is 1. The summed E-state index contributed by atoms with van der Waals surface area (Å²) in [5.74, 6) is 0.710. The highest BCUT2D eigenvalue weighted by molar-refractivity contribution is 5.90. The van der Waals surface area contributed by atoms with Crippen molar-refractivity contribution >= 4 is 5.97 Å². The fourth-order valence-electron chi connectivity index (χ4n) is 2.48. The first kappa shape index (κ1) is 11.8. The molecule has 1 aliphatic heterocycles. The summed E-state index contributed by atoms with van der Waals surface area (Å²) >= 11 is 0. The largest absolute Gasteiger partial charge is 0.496 e. The maximum atomic E-state index is 12.1. The summed E-state index contributed by atoms with van der Waals surface area (Å²) in [4.78, 5) is 12.1. The van der Waals surface area contributed by atoms with Crippen molar-refractivity contribution in [3.05, 3.63) is 59.2 Å². The van der Waals surface area contributed by atoms with Gasteiger partial charge >= 0.3 is 5.97 Å². The van der Waals surface area contributed by atoms with E-state index in [1.165, 1.54) is 0 Å². The van der Waals surface area contributed by atoms with Crippen LogP contribution in [0, 0.1) is 6.92 Å². The smallest absolute Gasteiger partial charge is 0.323 e.